The minimum Gasteiger partial charge on any atom is -0.384 e. The van der Waals surface area contributed by atoms with Crippen molar-refractivity contribution in [2.75, 3.05) is 11.1 Å². The van der Waals surface area contributed by atoms with Crippen LogP contribution in [0.4, 0.5) is 16.0 Å². The molecule has 1 aliphatic rings. The van der Waals surface area contributed by atoms with Crippen LogP contribution in [-0.4, -0.2) is 26.4 Å². The monoisotopic (exact) mass is 325 g/mol. The van der Waals surface area contributed by atoms with E-state index in [2.05, 4.69) is 15.3 Å². The maximum absolute atomic E-state index is 12.9. The highest BCUT2D eigenvalue weighted by molar-refractivity contribution is 5.94. The molecule has 24 heavy (non-hydrogen) atoms. The molecule has 3 aromatic rings. The lowest BCUT2D eigenvalue weighted by Crippen LogP contribution is -2.15. The zero-order chi connectivity index (χ0) is 16.8. The van der Waals surface area contributed by atoms with E-state index in [0.717, 1.165) is 16.7 Å². The molecule has 1 fully saturated rings. The first kappa shape index (κ1) is 14.6. The fourth-order valence-electron chi connectivity index (χ4n) is 2.75. The highest BCUT2D eigenvalue weighted by Gasteiger charge is 2.43. The fraction of sp³-hybridized carbons (Fsp3) is 0.235. The number of rotatable bonds is 3. The summed E-state index contributed by atoms with van der Waals surface area (Å²) in [4.78, 5) is 20.3. The highest BCUT2D eigenvalue weighted by atomic mass is 19.1. The van der Waals surface area contributed by atoms with Crippen LogP contribution in [-0.2, 0) is 4.79 Å². The first-order valence-corrected chi connectivity index (χ1v) is 7.67. The Kier molecular flexibility index (Phi) is 3.23. The van der Waals surface area contributed by atoms with E-state index in [1.54, 1.807) is 12.4 Å². The van der Waals surface area contributed by atoms with Crippen molar-refractivity contribution >= 4 is 23.2 Å². The van der Waals surface area contributed by atoms with Crippen molar-refractivity contribution in [3.8, 4) is 11.1 Å². The number of nitrogens with one attached hydrogen (secondary N) is 1. The number of aryl methyl sites for hydroxylation is 1. The lowest BCUT2D eigenvalue weighted by Gasteiger charge is -2.06. The van der Waals surface area contributed by atoms with Crippen LogP contribution in [0.25, 0.3) is 16.8 Å². The van der Waals surface area contributed by atoms with Crippen molar-refractivity contribution in [1.82, 2.24) is 14.4 Å². The molecular weight excluding hydrogens is 309 g/mol. The van der Waals surface area contributed by atoms with E-state index >= 15 is 0 Å². The van der Waals surface area contributed by atoms with Crippen molar-refractivity contribution in [2.45, 2.75) is 19.5 Å². The molecule has 7 heteroatoms. The van der Waals surface area contributed by atoms with Gasteiger partial charge in [0.25, 0.3) is 0 Å². The van der Waals surface area contributed by atoms with Crippen molar-refractivity contribution in [2.24, 2.45) is 5.92 Å². The SMILES string of the molecule is Cc1cc(N)ncc1-c1ccc2nc(NC(=O)C3CC3F)cn2c1. The van der Waals surface area contributed by atoms with Crippen LogP contribution in [0.5, 0.6) is 0 Å². The second kappa shape index (κ2) is 5.30. The van der Waals surface area contributed by atoms with Crippen LogP contribution >= 0.6 is 0 Å². The summed E-state index contributed by atoms with van der Waals surface area (Å²) in [5.41, 5.74) is 9.36. The molecule has 0 saturated heterocycles. The molecule has 1 saturated carbocycles. The van der Waals surface area contributed by atoms with Gasteiger partial charge in [-0.15, -0.1) is 0 Å². The second-order valence-corrected chi connectivity index (χ2v) is 6.08. The first-order valence-electron chi connectivity index (χ1n) is 7.67. The van der Waals surface area contributed by atoms with Gasteiger partial charge in [-0.1, -0.05) is 0 Å². The minimum atomic E-state index is -1.02. The summed E-state index contributed by atoms with van der Waals surface area (Å²) in [6, 6.07) is 5.62. The zero-order valence-electron chi connectivity index (χ0n) is 13.0. The Morgan fingerprint density at radius 2 is 2.21 bits per heavy atom. The molecule has 1 amide bonds. The number of nitrogens with zero attached hydrogens (tertiary/aromatic N) is 3. The Hall–Kier alpha value is -2.96. The van der Waals surface area contributed by atoms with Gasteiger partial charge in [0.05, 0.1) is 12.1 Å². The third-order valence-corrected chi connectivity index (χ3v) is 4.19. The number of carbonyl (C=O) groups is 1. The number of amides is 1. The maximum atomic E-state index is 12.9. The molecule has 1 aliphatic carbocycles. The molecule has 4 rings (SSSR count). The van der Waals surface area contributed by atoms with Gasteiger partial charge in [-0.05, 0) is 37.1 Å². The first-order chi connectivity index (χ1) is 11.5. The lowest BCUT2D eigenvalue weighted by molar-refractivity contribution is -0.117. The molecule has 0 aliphatic heterocycles. The predicted molar refractivity (Wildman–Crippen MR) is 89.2 cm³/mol. The molecule has 0 spiro atoms. The average molecular weight is 325 g/mol. The van der Waals surface area contributed by atoms with Crippen LogP contribution in [0.2, 0.25) is 0 Å². The number of nitrogens with two attached hydrogens (primary N) is 1. The van der Waals surface area contributed by atoms with Crippen molar-refractivity contribution < 1.29 is 9.18 Å². The van der Waals surface area contributed by atoms with Crippen LogP contribution in [0.15, 0.2) is 36.8 Å². The number of hydrogen-bond donors (Lipinski definition) is 2. The molecule has 6 nitrogen and oxygen atoms in total. The summed E-state index contributed by atoms with van der Waals surface area (Å²) in [7, 11) is 0. The second-order valence-electron chi connectivity index (χ2n) is 6.08. The van der Waals surface area contributed by atoms with E-state index in [1.807, 2.05) is 35.7 Å². The van der Waals surface area contributed by atoms with E-state index in [-0.39, 0.29) is 5.91 Å². The molecule has 0 radical (unpaired) electrons. The lowest BCUT2D eigenvalue weighted by atomic mass is 10.1. The van der Waals surface area contributed by atoms with Crippen LogP contribution in [0, 0.1) is 12.8 Å². The summed E-state index contributed by atoms with van der Waals surface area (Å²) in [6.45, 7) is 1.97. The topological polar surface area (TPSA) is 85.3 Å². The number of aromatic nitrogens is 3. The van der Waals surface area contributed by atoms with Gasteiger partial charge in [0, 0.05) is 23.5 Å². The van der Waals surface area contributed by atoms with Crippen molar-refractivity contribution in [1.29, 1.82) is 0 Å². The summed E-state index contributed by atoms with van der Waals surface area (Å²) < 4.78 is 14.8. The van der Waals surface area contributed by atoms with Gasteiger partial charge in [0.15, 0.2) is 5.82 Å². The zero-order valence-corrected chi connectivity index (χ0v) is 13.0. The van der Waals surface area contributed by atoms with Crippen molar-refractivity contribution in [3.05, 3.63) is 42.4 Å². The predicted octanol–water partition coefficient (Wildman–Crippen LogP) is 2.58. The summed E-state index contributed by atoms with van der Waals surface area (Å²) in [5.74, 6) is 0.0539. The normalized spacial score (nSPS) is 19.4. The van der Waals surface area contributed by atoms with Crippen LogP contribution in [0.3, 0.4) is 0 Å². The van der Waals surface area contributed by atoms with Crippen molar-refractivity contribution in [3.63, 3.8) is 0 Å². The van der Waals surface area contributed by atoms with E-state index in [0.29, 0.717) is 23.7 Å². The molecule has 122 valence electrons. The molecule has 0 aromatic carbocycles. The van der Waals surface area contributed by atoms with Gasteiger partial charge < -0.3 is 15.5 Å². The maximum Gasteiger partial charge on any atom is 0.231 e. The fourth-order valence-corrected chi connectivity index (χ4v) is 2.75. The van der Waals surface area contributed by atoms with Crippen LogP contribution in [0.1, 0.15) is 12.0 Å². The largest absolute Gasteiger partial charge is 0.384 e. The van der Waals surface area contributed by atoms with Gasteiger partial charge >= 0.3 is 0 Å². The molecular formula is C17H16FN5O. The molecule has 0 bridgehead atoms. The quantitative estimate of drug-likeness (QED) is 0.775. The number of halogens is 1. The van der Waals surface area contributed by atoms with E-state index in [9.17, 15) is 9.18 Å². The van der Waals surface area contributed by atoms with Gasteiger partial charge in [-0.3, -0.25) is 4.79 Å². The Labute approximate surface area is 137 Å². The van der Waals surface area contributed by atoms with Crippen LogP contribution < -0.4 is 11.1 Å². The molecule has 3 N–H and O–H groups in total. The van der Waals surface area contributed by atoms with Gasteiger partial charge in [0.1, 0.15) is 17.6 Å². The number of hydrogen-bond acceptors (Lipinski definition) is 4. The summed E-state index contributed by atoms with van der Waals surface area (Å²) in [5, 5.41) is 2.66. The smallest absolute Gasteiger partial charge is 0.231 e. The third kappa shape index (κ3) is 2.58. The average Bonchev–Trinajstić information content (AvgIpc) is 3.13. The number of imidazole rings is 1. The summed E-state index contributed by atoms with van der Waals surface area (Å²) >= 11 is 0. The number of nitrogen functional groups attached to an aromatic ring is 1. The van der Waals surface area contributed by atoms with Gasteiger partial charge in [-0.25, -0.2) is 14.4 Å². The van der Waals surface area contributed by atoms with Gasteiger partial charge in [0.2, 0.25) is 5.91 Å². The number of fused-ring (bicyclic) bond motifs is 1. The Morgan fingerprint density at radius 3 is 2.92 bits per heavy atom. The number of carbonyl (C=O) groups excluding carboxylic acids is 1. The number of pyridine rings is 2. The molecule has 2 atom stereocenters. The number of anilines is 2. The molecule has 3 aromatic heterocycles. The highest BCUT2D eigenvalue weighted by Crippen LogP contribution is 2.34. The minimum absolute atomic E-state index is 0.298. The van der Waals surface area contributed by atoms with E-state index in [1.165, 1.54) is 0 Å². The number of alkyl halides is 1. The Morgan fingerprint density at radius 1 is 1.42 bits per heavy atom. The summed E-state index contributed by atoms with van der Waals surface area (Å²) in [6.07, 6.45) is 4.64. The molecule has 3 heterocycles. The Balaban J connectivity index is 1.64. The molecule has 2 unspecified atom stereocenters. The van der Waals surface area contributed by atoms with E-state index < -0.39 is 12.1 Å². The van der Waals surface area contributed by atoms with E-state index in [4.69, 9.17) is 5.73 Å². The standard InChI is InChI=1S/C17H16FN5O/c1-9-4-14(19)20-6-12(9)10-2-3-16-21-15(8-23(16)7-10)22-17(24)11-5-13(11)18/h2-4,6-8,11,13H,5H2,1H3,(H2,19,20)(H,22,24). The van der Waals surface area contributed by atoms with Gasteiger partial charge in [-0.2, -0.15) is 0 Å². The Bertz CT molecular complexity index is 951. The third-order valence-electron chi connectivity index (χ3n) is 4.19.